The summed E-state index contributed by atoms with van der Waals surface area (Å²) in [5, 5.41) is 3.31. The van der Waals surface area contributed by atoms with E-state index in [1.54, 1.807) is 31.3 Å². The van der Waals surface area contributed by atoms with Crippen molar-refractivity contribution in [1.82, 2.24) is 15.1 Å². The minimum Gasteiger partial charge on any atom is -0.354 e. The number of imide groups is 1. The number of amides is 2. The maximum atomic E-state index is 12.5. The van der Waals surface area contributed by atoms with Crippen LogP contribution >= 0.6 is 24.0 Å². The van der Waals surface area contributed by atoms with Crippen molar-refractivity contribution in [3.63, 3.8) is 0 Å². The van der Waals surface area contributed by atoms with Gasteiger partial charge in [-0.15, -0.1) is 24.0 Å². The van der Waals surface area contributed by atoms with Crippen LogP contribution in [0.1, 0.15) is 39.1 Å². The predicted octanol–water partition coefficient (Wildman–Crippen LogP) is 3.66. The standard InChI is InChI=1S/C24H26N4O2.HI/c1-25-24(27-14-11-19(12-15-27)17-18-7-3-2-4-8-18)26-13-16-28-22(29)20-9-5-6-10-21(20)23(28)30;/h2-10,17H,11-16H2,1H3,(H,25,26);1H. The van der Waals surface area contributed by atoms with E-state index in [0.717, 1.165) is 31.9 Å². The highest BCUT2D eigenvalue weighted by atomic mass is 127. The summed E-state index contributed by atoms with van der Waals surface area (Å²) in [7, 11) is 1.76. The second-order valence-corrected chi connectivity index (χ2v) is 7.48. The largest absolute Gasteiger partial charge is 0.354 e. The van der Waals surface area contributed by atoms with Gasteiger partial charge in [-0.2, -0.15) is 0 Å². The molecule has 2 amide bonds. The summed E-state index contributed by atoms with van der Waals surface area (Å²) < 4.78 is 0. The monoisotopic (exact) mass is 530 g/mol. The first kappa shape index (κ1) is 23.0. The lowest BCUT2D eigenvalue weighted by molar-refractivity contribution is 0.0657. The van der Waals surface area contributed by atoms with E-state index in [1.165, 1.54) is 16.0 Å². The smallest absolute Gasteiger partial charge is 0.261 e. The number of hydrogen-bond donors (Lipinski definition) is 1. The number of likely N-dealkylation sites (tertiary alicyclic amines) is 1. The summed E-state index contributed by atoms with van der Waals surface area (Å²) in [4.78, 5) is 32.9. The molecule has 0 bridgehead atoms. The molecule has 6 nitrogen and oxygen atoms in total. The summed E-state index contributed by atoms with van der Waals surface area (Å²) in [6, 6.07) is 17.4. The van der Waals surface area contributed by atoms with Gasteiger partial charge in [0.05, 0.1) is 11.1 Å². The zero-order valence-corrected chi connectivity index (χ0v) is 19.9. The Balaban J connectivity index is 0.00000272. The van der Waals surface area contributed by atoms with E-state index in [4.69, 9.17) is 0 Å². The van der Waals surface area contributed by atoms with Crippen LogP contribution in [-0.2, 0) is 0 Å². The molecule has 2 aromatic rings. The van der Waals surface area contributed by atoms with Crippen LogP contribution in [0.2, 0.25) is 0 Å². The topological polar surface area (TPSA) is 65.0 Å². The molecule has 1 fully saturated rings. The molecule has 2 aliphatic rings. The quantitative estimate of drug-likeness (QED) is 0.284. The number of halogens is 1. The van der Waals surface area contributed by atoms with Crippen LogP contribution < -0.4 is 5.32 Å². The van der Waals surface area contributed by atoms with Gasteiger partial charge in [-0.25, -0.2) is 0 Å². The molecule has 1 saturated heterocycles. The van der Waals surface area contributed by atoms with Crippen molar-refractivity contribution in [3.8, 4) is 0 Å². The molecule has 2 aliphatic heterocycles. The molecule has 162 valence electrons. The van der Waals surface area contributed by atoms with E-state index in [1.807, 2.05) is 6.07 Å². The normalized spacial score (nSPS) is 16.2. The predicted molar refractivity (Wildman–Crippen MR) is 134 cm³/mol. The van der Waals surface area contributed by atoms with Gasteiger partial charge in [0.15, 0.2) is 5.96 Å². The molecule has 7 heteroatoms. The van der Waals surface area contributed by atoms with E-state index >= 15 is 0 Å². The third-order valence-corrected chi connectivity index (χ3v) is 5.58. The Bertz CT molecular complexity index is 959. The minimum absolute atomic E-state index is 0. The molecule has 1 N–H and O–H groups in total. The van der Waals surface area contributed by atoms with Crippen molar-refractivity contribution in [1.29, 1.82) is 0 Å². The number of nitrogens with one attached hydrogen (secondary N) is 1. The summed E-state index contributed by atoms with van der Waals surface area (Å²) in [6.07, 6.45) is 4.26. The van der Waals surface area contributed by atoms with Crippen molar-refractivity contribution in [2.24, 2.45) is 4.99 Å². The minimum atomic E-state index is -0.221. The van der Waals surface area contributed by atoms with Gasteiger partial charge in [-0.3, -0.25) is 19.5 Å². The van der Waals surface area contributed by atoms with Crippen LogP contribution in [0, 0.1) is 0 Å². The van der Waals surface area contributed by atoms with E-state index in [2.05, 4.69) is 45.6 Å². The van der Waals surface area contributed by atoms with Gasteiger partial charge in [-0.1, -0.05) is 54.1 Å². The Morgan fingerprint density at radius 3 is 2.13 bits per heavy atom. The zero-order chi connectivity index (χ0) is 20.9. The molecule has 2 aromatic carbocycles. The van der Waals surface area contributed by atoms with Crippen LogP contribution in [0.4, 0.5) is 0 Å². The molecule has 0 radical (unpaired) electrons. The molecule has 31 heavy (non-hydrogen) atoms. The summed E-state index contributed by atoms with van der Waals surface area (Å²) >= 11 is 0. The van der Waals surface area contributed by atoms with E-state index < -0.39 is 0 Å². The lowest BCUT2D eigenvalue weighted by atomic mass is 10.0. The summed E-state index contributed by atoms with van der Waals surface area (Å²) in [5.74, 6) is 0.368. The van der Waals surface area contributed by atoms with Crippen LogP contribution in [0.15, 0.2) is 65.2 Å². The Hall–Kier alpha value is -2.68. The maximum Gasteiger partial charge on any atom is 0.261 e. The Labute approximate surface area is 200 Å². The first-order valence-electron chi connectivity index (χ1n) is 10.3. The zero-order valence-electron chi connectivity index (χ0n) is 17.6. The van der Waals surface area contributed by atoms with Crippen molar-refractivity contribution >= 4 is 47.8 Å². The van der Waals surface area contributed by atoms with Crippen molar-refractivity contribution in [3.05, 3.63) is 76.9 Å². The molecule has 0 spiro atoms. The van der Waals surface area contributed by atoms with Gasteiger partial charge < -0.3 is 10.2 Å². The number of aliphatic imine (C=N–C) groups is 1. The lowest BCUT2D eigenvalue weighted by Gasteiger charge is -2.31. The molecule has 0 aromatic heterocycles. The highest BCUT2D eigenvalue weighted by Gasteiger charge is 2.34. The fraction of sp³-hybridized carbons (Fsp3) is 0.292. The number of guanidine groups is 1. The van der Waals surface area contributed by atoms with Gasteiger partial charge >= 0.3 is 0 Å². The third kappa shape index (κ3) is 5.15. The Morgan fingerprint density at radius 1 is 0.968 bits per heavy atom. The maximum absolute atomic E-state index is 12.5. The number of piperidine rings is 1. The molecule has 0 aliphatic carbocycles. The second-order valence-electron chi connectivity index (χ2n) is 7.48. The average Bonchev–Trinajstić information content (AvgIpc) is 3.03. The van der Waals surface area contributed by atoms with Gasteiger partial charge in [0.25, 0.3) is 11.8 Å². The third-order valence-electron chi connectivity index (χ3n) is 5.58. The van der Waals surface area contributed by atoms with Crippen LogP contribution in [0.3, 0.4) is 0 Å². The number of nitrogens with zero attached hydrogens (tertiary/aromatic N) is 3. The number of benzene rings is 2. The van der Waals surface area contributed by atoms with Gasteiger partial charge in [0.2, 0.25) is 0 Å². The van der Waals surface area contributed by atoms with E-state index in [-0.39, 0.29) is 35.8 Å². The molecule has 4 rings (SSSR count). The highest BCUT2D eigenvalue weighted by molar-refractivity contribution is 14.0. The molecule has 0 atom stereocenters. The number of hydrogen-bond acceptors (Lipinski definition) is 3. The van der Waals surface area contributed by atoms with Crippen molar-refractivity contribution in [2.75, 3.05) is 33.2 Å². The van der Waals surface area contributed by atoms with Crippen molar-refractivity contribution < 1.29 is 9.59 Å². The SMILES string of the molecule is CN=C(NCCN1C(=O)c2ccccc2C1=O)N1CCC(=Cc2ccccc2)CC1.I. The second kappa shape index (κ2) is 10.6. The van der Waals surface area contributed by atoms with Gasteiger partial charge in [0, 0.05) is 33.2 Å². The lowest BCUT2D eigenvalue weighted by Crippen LogP contribution is -2.47. The molecule has 0 saturated carbocycles. The molecule has 0 unspecified atom stereocenters. The van der Waals surface area contributed by atoms with Crippen molar-refractivity contribution in [2.45, 2.75) is 12.8 Å². The average molecular weight is 530 g/mol. The molecular weight excluding hydrogens is 503 g/mol. The molecular formula is C24H27IN4O2. The van der Waals surface area contributed by atoms with Crippen LogP contribution in [0.5, 0.6) is 0 Å². The Kier molecular flexibility index (Phi) is 7.84. The highest BCUT2D eigenvalue weighted by Crippen LogP contribution is 2.22. The summed E-state index contributed by atoms with van der Waals surface area (Å²) in [6.45, 7) is 2.58. The van der Waals surface area contributed by atoms with Gasteiger partial charge in [-0.05, 0) is 30.5 Å². The van der Waals surface area contributed by atoms with Crippen LogP contribution in [-0.4, -0.2) is 60.8 Å². The van der Waals surface area contributed by atoms with Crippen LogP contribution in [0.25, 0.3) is 6.08 Å². The fourth-order valence-electron chi connectivity index (χ4n) is 3.99. The number of rotatable bonds is 4. The number of fused-ring (bicyclic) bond motifs is 1. The molecule has 2 heterocycles. The first-order valence-corrected chi connectivity index (χ1v) is 10.3. The first-order chi connectivity index (χ1) is 14.7. The number of carbonyl (C=O) groups excluding carboxylic acids is 2. The van der Waals surface area contributed by atoms with Gasteiger partial charge in [0.1, 0.15) is 0 Å². The number of carbonyl (C=O) groups is 2. The van der Waals surface area contributed by atoms with E-state index in [9.17, 15) is 9.59 Å². The Morgan fingerprint density at radius 2 is 1.55 bits per heavy atom. The summed E-state index contributed by atoms with van der Waals surface area (Å²) in [5.41, 5.74) is 3.66. The van der Waals surface area contributed by atoms with E-state index in [0.29, 0.717) is 24.2 Å². The fourth-order valence-corrected chi connectivity index (χ4v) is 3.99.